The van der Waals surface area contributed by atoms with E-state index in [4.69, 9.17) is 16.9 Å². The lowest BCUT2D eigenvalue weighted by Gasteiger charge is -1.97. The molecule has 0 bridgehead atoms. The number of nitriles is 1. The van der Waals surface area contributed by atoms with Gasteiger partial charge in [-0.15, -0.1) is 11.3 Å². The van der Waals surface area contributed by atoms with Crippen molar-refractivity contribution in [2.75, 3.05) is 0 Å². The maximum Gasteiger partial charge on any atom is 0.128 e. The Morgan fingerprint density at radius 2 is 2.19 bits per heavy atom. The van der Waals surface area contributed by atoms with E-state index < -0.39 is 0 Å². The SMILES string of the molecule is CCc1nc(-c2ccccc2Cl)sc1C#N. The summed E-state index contributed by atoms with van der Waals surface area (Å²) in [6.45, 7) is 1.99. The summed E-state index contributed by atoms with van der Waals surface area (Å²) in [7, 11) is 0. The van der Waals surface area contributed by atoms with Crippen LogP contribution in [0.15, 0.2) is 24.3 Å². The lowest BCUT2D eigenvalue weighted by atomic mass is 10.2. The van der Waals surface area contributed by atoms with Gasteiger partial charge in [-0.25, -0.2) is 4.98 Å². The minimum Gasteiger partial charge on any atom is -0.240 e. The number of rotatable bonds is 2. The van der Waals surface area contributed by atoms with Gasteiger partial charge in [0.15, 0.2) is 0 Å². The highest BCUT2D eigenvalue weighted by Crippen LogP contribution is 2.32. The molecule has 0 N–H and O–H groups in total. The molecule has 1 heterocycles. The molecular weight excluding hydrogens is 240 g/mol. The first-order valence-corrected chi connectivity index (χ1v) is 6.10. The molecule has 0 unspecified atom stereocenters. The molecule has 4 heteroatoms. The molecular formula is C12H9ClN2S. The van der Waals surface area contributed by atoms with E-state index in [2.05, 4.69) is 11.1 Å². The van der Waals surface area contributed by atoms with Crippen molar-refractivity contribution in [3.05, 3.63) is 39.9 Å². The number of aromatic nitrogens is 1. The number of benzene rings is 1. The van der Waals surface area contributed by atoms with Gasteiger partial charge in [0.25, 0.3) is 0 Å². The molecule has 1 aromatic heterocycles. The Balaban J connectivity index is 2.54. The van der Waals surface area contributed by atoms with Crippen LogP contribution in [-0.4, -0.2) is 4.98 Å². The van der Waals surface area contributed by atoms with Crippen LogP contribution >= 0.6 is 22.9 Å². The second kappa shape index (κ2) is 4.65. The molecule has 0 spiro atoms. The average Bonchev–Trinajstić information content (AvgIpc) is 2.72. The highest BCUT2D eigenvalue weighted by molar-refractivity contribution is 7.15. The molecule has 2 aromatic rings. The predicted molar refractivity (Wildman–Crippen MR) is 66.7 cm³/mol. The summed E-state index contributed by atoms with van der Waals surface area (Å²) < 4.78 is 0. The van der Waals surface area contributed by atoms with Gasteiger partial charge in [-0.3, -0.25) is 0 Å². The van der Waals surface area contributed by atoms with Crippen molar-refractivity contribution in [2.45, 2.75) is 13.3 Å². The fraction of sp³-hybridized carbons (Fsp3) is 0.167. The van der Waals surface area contributed by atoms with Crippen molar-refractivity contribution in [3.63, 3.8) is 0 Å². The smallest absolute Gasteiger partial charge is 0.128 e. The first-order chi connectivity index (χ1) is 7.76. The van der Waals surface area contributed by atoms with E-state index in [9.17, 15) is 0 Å². The second-order valence-electron chi connectivity index (χ2n) is 3.24. The fourth-order valence-corrected chi connectivity index (χ4v) is 2.70. The summed E-state index contributed by atoms with van der Waals surface area (Å²) in [5, 5.41) is 10.5. The number of halogens is 1. The van der Waals surface area contributed by atoms with Crippen LogP contribution in [0.1, 0.15) is 17.5 Å². The highest BCUT2D eigenvalue weighted by atomic mass is 35.5. The first kappa shape index (κ1) is 11.1. The van der Waals surface area contributed by atoms with Gasteiger partial charge >= 0.3 is 0 Å². The van der Waals surface area contributed by atoms with E-state index >= 15 is 0 Å². The molecule has 16 heavy (non-hydrogen) atoms. The standard InChI is InChI=1S/C12H9ClN2S/c1-2-10-11(7-14)16-12(15-10)8-5-3-4-6-9(8)13/h3-6H,2H2,1H3. The zero-order valence-electron chi connectivity index (χ0n) is 8.70. The van der Waals surface area contributed by atoms with Crippen molar-refractivity contribution in [1.29, 1.82) is 5.26 Å². The maximum absolute atomic E-state index is 8.97. The molecule has 0 aliphatic heterocycles. The lowest BCUT2D eigenvalue weighted by molar-refractivity contribution is 1.06. The molecule has 0 aliphatic rings. The molecule has 2 rings (SSSR count). The molecule has 0 saturated heterocycles. The summed E-state index contributed by atoms with van der Waals surface area (Å²) in [6.07, 6.45) is 0.768. The number of aryl methyl sites for hydroxylation is 1. The minimum atomic E-state index is 0.670. The van der Waals surface area contributed by atoms with Crippen molar-refractivity contribution in [2.24, 2.45) is 0 Å². The van der Waals surface area contributed by atoms with Crippen LogP contribution in [0.4, 0.5) is 0 Å². The van der Waals surface area contributed by atoms with Gasteiger partial charge in [0.1, 0.15) is 16.0 Å². The molecule has 0 fully saturated rings. The van der Waals surface area contributed by atoms with Crippen LogP contribution in [-0.2, 0) is 6.42 Å². The molecule has 0 atom stereocenters. The predicted octanol–water partition coefficient (Wildman–Crippen LogP) is 3.90. The number of nitrogens with zero attached hydrogens (tertiary/aromatic N) is 2. The fourth-order valence-electron chi connectivity index (χ4n) is 1.43. The topological polar surface area (TPSA) is 36.7 Å². The van der Waals surface area contributed by atoms with Gasteiger partial charge in [-0.2, -0.15) is 5.26 Å². The van der Waals surface area contributed by atoms with Gasteiger partial charge in [-0.1, -0.05) is 36.7 Å². The third-order valence-electron chi connectivity index (χ3n) is 2.24. The number of thiazole rings is 1. The Bertz CT molecular complexity index is 554. The third-order valence-corrected chi connectivity index (χ3v) is 3.60. The Kier molecular flexibility index (Phi) is 3.23. The van der Waals surface area contributed by atoms with Gasteiger partial charge in [-0.05, 0) is 12.5 Å². The number of hydrogen-bond acceptors (Lipinski definition) is 3. The van der Waals surface area contributed by atoms with Gasteiger partial charge < -0.3 is 0 Å². The van der Waals surface area contributed by atoms with Crippen molar-refractivity contribution in [3.8, 4) is 16.6 Å². The van der Waals surface area contributed by atoms with E-state index in [1.165, 1.54) is 11.3 Å². The molecule has 2 nitrogen and oxygen atoms in total. The summed E-state index contributed by atoms with van der Waals surface area (Å²) in [4.78, 5) is 5.12. The minimum absolute atomic E-state index is 0.670. The first-order valence-electron chi connectivity index (χ1n) is 4.91. The molecule has 0 aliphatic carbocycles. The second-order valence-corrected chi connectivity index (χ2v) is 4.65. The van der Waals surface area contributed by atoms with E-state index in [1.54, 1.807) is 0 Å². The van der Waals surface area contributed by atoms with Crippen LogP contribution in [0, 0.1) is 11.3 Å². The Morgan fingerprint density at radius 1 is 1.44 bits per heavy atom. The summed E-state index contributed by atoms with van der Waals surface area (Å²) in [5.74, 6) is 0. The van der Waals surface area contributed by atoms with Crippen LogP contribution in [0.5, 0.6) is 0 Å². The molecule has 1 aromatic carbocycles. The van der Waals surface area contributed by atoms with Crippen LogP contribution in [0.25, 0.3) is 10.6 Å². The molecule has 0 saturated carbocycles. The van der Waals surface area contributed by atoms with E-state index in [0.29, 0.717) is 9.90 Å². The zero-order chi connectivity index (χ0) is 11.5. The Labute approximate surface area is 103 Å². The van der Waals surface area contributed by atoms with Gasteiger partial charge in [0.05, 0.1) is 10.7 Å². The summed E-state index contributed by atoms with van der Waals surface area (Å²) >= 11 is 7.49. The largest absolute Gasteiger partial charge is 0.240 e. The lowest BCUT2D eigenvalue weighted by Crippen LogP contribution is -1.83. The van der Waals surface area contributed by atoms with Crippen LogP contribution in [0.3, 0.4) is 0 Å². The Hall–Kier alpha value is -1.37. The maximum atomic E-state index is 8.97. The Morgan fingerprint density at radius 3 is 2.75 bits per heavy atom. The summed E-state index contributed by atoms with van der Waals surface area (Å²) in [5.41, 5.74) is 1.74. The molecule has 80 valence electrons. The summed E-state index contributed by atoms with van der Waals surface area (Å²) in [6, 6.07) is 9.71. The average molecular weight is 249 g/mol. The van der Waals surface area contributed by atoms with E-state index in [-0.39, 0.29) is 0 Å². The van der Waals surface area contributed by atoms with Crippen LogP contribution in [0.2, 0.25) is 5.02 Å². The normalized spacial score (nSPS) is 10.1. The molecule has 0 amide bonds. The van der Waals surface area contributed by atoms with Crippen molar-refractivity contribution >= 4 is 22.9 Å². The monoisotopic (exact) mass is 248 g/mol. The van der Waals surface area contributed by atoms with Gasteiger partial charge in [0.2, 0.25) is 0 Å². The zero-order valence-corrected chi connectivity index (χ0v) is 10.3. The molecule has 0 radical (unpaired) electrons. The van der Waals surface area contributed by atoms with E-state index in [1.807, 2.05) is 31.2 Å². The quantitative estimate of drug-likeness (QED) is 0.808. The van der Waals surface area contributed by atoms with Gasteiger partial charge in [0, 0.05) is 5.56 Å². The van der Waals surface area contributed by atoms with Crippen molar-refractivity contribution < 1.29 is 0 Å². The van der Waals surface area contributed by atoms with E-state index in [0.717, 1.165) is 22.7 Å². The van der Waals surface area contributed by atoms with Crippen LogP contribution < -0.4 is 0 Å². The highest BCUT2D eigenvalue weighted by Gasteiger charge is 2.12. The third kappa shape index (κ3) is 1.95. The number of hydrogen-bond donors (Lipinski definition) is 0. The van der Waals surface area contributed by atoms with Crippen molar-refractivity contribution in [1.82, 2.24) is 4.98 Å².